The van der Waals surface area contributed by atoms with E-state index in [0.29, 0.717) is 6.54 Å². The highest BCUT2D eigenvalue weighted by atomic mass is 16.5. The first kappa shape index (κ1) is 14.0. The van der Waals surface area contributed by atoms with E-state index >= 15 is 0 Å². The summed E-state index contributed by atoms with van der Waals surface area (Å²) >= 11 is 0. The largest absolute Gasteiger partial charge is 0.354 e. The second-order valence-corrected chi connectivity index (χ2v) is 4.83. The van der Waals surface area contributed by atoms with Crippen molar-refractivity contribution in [1.29, 1.82) is 0 Å². The Hall–Kier alpha value is -1.43. The molecule has 5 heteroatoms. The Morgan fingerprint density at radius 1 is 1.32 bits per heavy atom. The predicted molar refractivity (Wildman–Crippen MR) is 72.8 cm³/mol. The molecule has 0 fully saturated rings. The maximum absolute atomic E-state index is 11.2. The average Bonchev–Trinajstić information content (AvgIpc) is 2.60. The van der Waals surface area contributed by atoms with Gasteiger partial charge in [0.2, 0.25) is 5.91 Å². The second kappa shape index (κ2) is 7.23. The van der Waals surface area contributed by atoms with Gasteiger partial charge in [0, 0.05) is 19.6 Å². The molecular weight excluding hydrogens is 242 g/mol. The van der Waals surface area contributed by atoms with E-state index in [1.54, 1.807) is 0 Å². The van der Waals surface area contributed by atoms with Crippen LogP contribution in [0.1, 0.15) is 17.5 Å². The third kappa shape index (κ3) is 4.31. The number of carbonyl (C=O) groups excluding carboxylic acids is 1. The van der Waals surface area contributed by atoms with Crippen molar-refractivity contribution in [2.45, 2.75) is 19.4 Å². The van der Waals surface area contributed by atoms with Gasteiger partial charge in [0.05, 0.1) is 6.54 Å². The summed E-state index contributed by atoms with van der Waals surface area (Å²) in [6, 6.07) is 8.56. The van der Waals surface area contributed by atoms with Crippen LogP contribution in [0.2, 0.25) is 0 Å². The number of hydroxylamine groups is 1. The highest BCUT2D eigenvalue weighted by Gasteiger charge is 2.13. The van der Waals surface area contributed by atoms with Gasteiger partial charge in [-0.25, -0.2) is 0 Å². The number of hydrogen-bond donors (Lipinski definition) is 3. The molecule has 1 amide bonds. The molecule has 3 N–H and O–H groups in total. The van der Waals surface area contributed by atoms with Crippen molar-refractivity contribution in [1.82, 2.24) is 15.7 Å². The van der Waals surface area contributed by atoms with Crippen LogP contribution >= 0.6 is 0 Å². The van der Waals surface area contributed by atoms with Gasteiger partial charge in [-0.2, -0.15) is 5.48 Å². The van der Waals surface area contributed by atoms with Crippen molar-refractivity contribution in [3.63, 3.8) is 0 Å². The molecule has 19 heavy (non-hydrogen) atoms. The topological polar surface area (TPSA) is 64.6 Å². The number of carbonyl (C=O) groups is 1. The Balaban J connectivity index is 1.81. The van der Waals surface area contributed by atoms with Crippen LogP contribution in [0.4, 0.5) is 0 Å². The van der Waals surface area contributed by atoms with Gasteiger partial charge in [-0.05, 0) is 30.5 Å². The summed E-state index contributed by atoms with van der Waals surface area (Å²) in [5, 5.41) is 11.2. The average molecular weight is 263 g/mol. The first-order valence-electron chi connectivity index (χ1n) is 6.72. The molecule has 0 saturated carbocycles. The minimum atomic E-state index is -0.183. The van der Waals surface area contributed by atoms with Crippen LogP contribution in [0, 0.1) is 0 Å². The van der Waals surface area contributed by atoms with E-state index in [1.165, 1.54) is 11.1 Å². The SMILES string of the molecule is O=C(CNO)NCCN1CCCc2ccccc2C1. The summed E-state index contributed by atoms with van der Waals surface area (Å²) < 4.78 is 0. The van der Waals surface area contributed by atoms with Crippen molar-refractivity contribution in [2.24, 2.45) is 0 Å². The summed E-state index contributed by atoms with van der Waals surface area (Å²) in [6.45, 7) is 3.41. The number of rotatable bonds is 5. The molecule has 5 nitrogen and oxygen atoms in total. The van der Waals surface area contributed by atoms with Crippen molar-refractivity contribution >= 4 is 5.91 Å². The van der Waals surface area contributed by atoms with Crippen LogP contribution in [0.3, 0.4) is 0 Å². The molecule has 1 aliphatic rings. The summed E-state index contributed by atoms with van der Waals surface area (Å²) in [6.07, 6.45) is 2.29. The predicted octanol–water partition coefficient (Wildman–Crippen LogP) is 0.530. The number of nitrogens with one attached hydrogen (secondary N) is 2. The molecule has 0 saturated heterocycles. The fourth-order valence-corrected chi connectivity index (χ4v) is 2.45. The smallest absolute Gasteiger partial charge is 0.236 e. The third-order valence-electron chi connectivity index (χ3n) is 3.42. The van der Waals surface area contributed by atoms with Crippen molar-refractivity contribution in [2.75, 3.05) is 26.2 Å². The zero-order valence-electron chi connectivity index (χ0n) is 11.1. The van der Waals surface area contributed by atoms with Gasteiger partial charge < -0.3 is 10.5 Å². The molecule has 0 unspecified atom stereocenters. The molecule has 0 spiro atoms. The Morgan fingerprint density at radius 3 is 2.89 bits per heavy atom. The molecule has 104 valence electrons. The molecule has 1 heterocycles. The molecule has 1 aromatic rings. The monoisotopic (exact) mass is 263 g/mol. The van der Waals surface area contributed by atoms with E-state index in [0.717, 1.165) is 32.5 Å². The first-order chi connectivity index (χ1) is 9.29. The molecule has 0 aliphatic carbocycles. The Labute approximate surface area is 113 Å². The minimum Gasteiger partial charge on any atom is -0.354 e. The molecule has 0 bridgehead atoms. The number of fused-ring (bicyclic) bond motifs is 1. The Kier molecular flexibility index (Phi) is 5.32. The minimum absolute atomic E-state index is 0.0527. The lowest BCUT2D eigenvalue weighted by molar-refractivity contribution is -0.121. The van der Waals surface area contributed by atoms with Gasteiger partial charge >= 0.3 is 0 Å². The zero-order chi connectivity index (χ0) is 13.5. The Bertz CT molecular complexity index is 423. The summed E-state index contributed by atoms with van der Waals surface area (Å²) in [5.41, 5.74) is 4.69. The van der Waals surface area contributed by atoms with Gasteiger partial charge in [0.15, 0.2) is 0 Å². The van der Waals surface area contributed by atoms with Gasteiger partial charge in [0.1, 0.15) is 0 Å². The summed E-state index contributed by atoms with van der Waals surface area (Å²) in [7, 11) is 0. The zero-order valence-corrected chi connectivity index (χ0v) is 11.1. The van der Waals surface area contributed by atoms with E-state index in [2.05, 4.69) is 34.5 Å². The quantitative estimate of drug-likeness (QED) is 0.678. The maximum atomic E-state index is 11.2. The van der Waals surface area contributed by atoms with Crippen LogP contribution in [0.25, 0.3) is 0 Å². The van der Waals surface area contributed by atoms with Crippen molar-refractivity contribution in [3.8, 4) is 0 Å². The van der Waals surface area contributed by atoms with Crippen molar-refractivity contribution < 1.29 is 10.0 Å². The molecule has 1 aliphatic heterocycles. The van der Waals surface area contributed by atoms with Crippen LogP contribution in [0.5, 0.6) is 0 Å². The van der Waals surface area contributed by atoms with Crippen LogP contribution in [-0.2, 0) is 17.8 Å². The lowest BCUT2D eigenvalue weighted by Gasteiger charge is -2.20. The lowest BCUT2D eigenvalue weighted by atomic mass is 10.0. The molecular formula is C14H21N3O2. The fraction of sp³-hybridized carbons (Fsp3) is 0.500. The number of aryl methyl sites for hydroxylation is 1. The van der Waals surface area contributed by atoms with E-state index < -0.39 is 0 Å². The first-order valence-corrected chi connectivity index (χ1v) is 6.72. The highest BCUT2D eigenvalue weighted by molar-refractivity contribution is 5.77. The maximum Gasteiger partial charge on any atom is 0.236 e. The van der Waals surface area contributed by atoms with E-state index in [-0.39, 0.29) is 12.5 Å². The van der Waals surface area contributed by atoms with Crippen LogP contribution < -0.4 is 10.8 Å². The number of amides is 1. The van der Waals surface area contributed by atoms with E-state index in [4.69, 9.17) is 5.21 Å². The summed E-state index contributed by atoms with van der Waals surface area (Å²) in [4.78, 5) is 13.6. The van der Waals surface area contributed by atoms with E-state index in [1.807, 2.05) is 5.48 Å². The number of benzene rings is 1. The second-order valence-electron chi connectivity index (χ2n) is 4.83. The van der Waals surface area contributed by atoms with Gasteiger partial charge in [0.25, 0.3) is 0 Å². The molecule has 0 atom stereocenters. The number of hydrogen-bond acceptors (Lipinski definition) is 4. The highest BCUT2D eigenvalue weighted by Crippen LogP contribution is 2.17. The van der Waals surface area contributed by atoms with Gasteiger partial charge in [-0.3, -0.25) is 9.69 Å². The van der Waals surface area contributed by atoms with Crippen molar-refractivity contribution in [3.05, 3.63) is 35.4 Å². The fourth-order valence-electron chi connectivity index (χ4n) is 2.45. The molecule has 0 aromatic heterocycles. The molecule has 0 radical (unpaired) electrons. The standard InChI is InChI=1S/C14H21N3O2/c18-14(10-16-19)15-7-9-17-8-3-6-12-4-1-2-5-13(12)11-17/h1-2,4-5,16,19H,3,6-11H2,(H,15,18). The molecule has 1 aromatic carbocycles. The third-order valence-corrected chi connectivity index (χ3v) is 3.42. The lowest BCUT2D eigenvalue weighted by Crippen LogP contribution is -2.38. The van der Waals surface area contributed by atoms with Crippen LogP contribution in [0.15, 0.2) is 24.3 Å². The Morgan fingerprint density at radius 2 is 2.11 bits per heavy atom. The van der Waals surface area contributed by atoms with E-state index in [9.17, 15) is 4.79 Å². The normalized spacial score (nSPS) is 15.6. The summed E-state index contributed by atoms with van der Waals surface area (Å²) in [5.74, 6) is -0.183. The van der Waals surface area contributed by atoms with Crippen LogP contribution in [-0.4, -0.2) is 42.2 Å². The van der Waals surface area contributed by atoms with Gasteiger partial charge in [-0.1, -0.05) is 24.3 Å². The molecule has 2 rings (SSSR count). The number of nitrogens with zero attached hydrogens (tertiary/aromatic N) is 1. The van der Waals surface area contributed by atoms with Gasteiger partial charge in [-0.15, -0.1) is 0 Å².